The van der Waals surface area contributed by atoms with E-state index in [1.54, 1.807) is 13.1 Å². The van der Waals surface area contributed by atoms with E-state index in [-0.39, 0.29) is 12.6 Å². The van der Waals surface area contributed by atoms with E-state index in [2.05, 4.69) is 25.4 Å². The molecule has 168 valence electrons. The average Bonchev–Trinajstić information content (AvgIpc) is 2.80. The molecule has 0 bridgehead atoms. The number of aryl methyl sites for hydroxylation is 1. The summed E-state index contributed by atoms with van der Waals surface area (Å²) in [5.74, 6) is 0.556. The van der Waals surface area contributed by atoms with Gasteiger partial charge in [0.1, 0.15) is 5.82 Å². The van der Waals surface area contributed by atoms with Crippen molar-refractivity contribution in [2.75, 3.05) is 44.2 Å². The minimum atomic E-state index is -0.548. The number of aromatic nitrogens is 1. The number of ether oxygens (including phenoxy) is 1. The number of hydrogen-bond acceptors (Lipinski definition) is 6. The molecule has 2 aromatic rings. The number of piperazine rings is 1. The van der Waals surface area contributed by atoms with Gasteiger partial charge in [-0.05, 0) is 31.5 Å². The number of carbonyl (C=O) groups is 2. The number of urea groups is 1. The third-order valence-corrected chi connectivity index (χ3v) is 5.79. The predicted octanol–water partition coefficient (Wildman–Crippen LogP) is 2.38. The first-order valence-corrected chi connectivity index (χ1v) is 11.0. The van der Waals surface area contributed by atoms with Crippen LogP contribution in [0.15, 0.2) is 59.9 Å². The largest absolute Gasteiger partial charge is 0.463 e. The Bertz CT molecular complexity index is 982. The van der Waals surface area contributed by atoms with Crippen LogP contribution in [0.2, 0.25) is 0 Å². The zero-order chi connectivity index (χ0) is 22.5. The highest BCUT2D eigenvalue weighted by atomic mass is 16.5. The fraction of sp³-hybridized carbons (Fsp3) is 0.375. The van der Waals surface area contributed by atoms with E-state index in [0.717, 1.165) is 43.1 Å². The van der Waals surface area contributed by atoms with Gasteiger partial charge in [-0.1, -0.05) is 35.9 Å². The molecule has 1 fully saturated rings. The molecule has 2 aliphatic heterocycles. The minimum absolute atomic E-state index is 0.271. The number of rotatable bonds is 6. The molecular weight excluding hydrogens is 406 g/mol. The summed E-state index contributed by atoms with van der Waals surface area (Å²) < 4.78 is 5.36. The third-order valence-electron chi connectivity index (χ3n) is 5.79. The number of esters is 1. The molecule has 8 nitrogen and oxygen atoms in total. The van der Waals surface area contributed by atoms with E-state index < -0.39 is 12.0 Å². The fourth-order valence-corrected chi connectivity index (χ4v) is 4.10. The highest BCUT2D eigenvalue weighted by Crippen LogP contribution is 2.28. The normalized spacial score (nSPS) is 19.4. The lowest BCUT2D eigenvalue weighted by Crippen LogP contribution is -2.52. The van der Waals surface area contributed by atoms with E-state index in [1.165, 1.54) is 0 Å². The van der Waals surface area contributed by atoms with Gasteiger partial charge in [-0.3, -0.25) is 4.90 Å². The molecule has 2 amide bonds. The zero-order valence-corrected chi connectivity index (χ0v) is 18.5. The van der Waals surface area contributed by atoms with Crippen LogP contribution in [0.3, 0.4) is 0 Å². The Hall–Kier alpha value is -3.39. The van der Waals surface area contributed by atoms with Gasteiger partial charge in [0.25, 0.3) is 0 Å². The SMILES string of the molecule is CCOC(=O)C1=C(CN2CCN(c3ccccn3)CC2)NC(=O)N[C@H]1c1ccc(C)cc1. The molecule has 4 rings (SSSR count). The van der Waals surface area contributed by atoms with Crippen LogP contribution in [0, 0.1) is 6.92 Å². The molecular formula is C24H29N5O3. The summed E-state index contributed by atoms with van der Waals surface area (Å²) in [6.07, 6.45) is 1.80. The Morgan fingerprint density at radius 2 is 1.88 bits per heavy atom. The monoisotopic (exact) mass is 435 g/mol. The second-order valence-electron chi connectivity index (χ2n) is 8.01. The lowest BCUT2D eigenvalue weighted by Gasteiger charge is -2.37. The van der Waals surface area contributed by atoms with Crippen LogP contribution >= 0.6 is 0 Å². The molecule has 0 unspecified atom stereocenters. The molecule has 1 saturated heterocycles. The number of amides is 2. The Balaban J connectivity index is 1.56. The summed E-state index contributed by atoms with van der Waals surface area (Å²) in [4.78, 5) is 34.3. The molecule has 1 atom stereocenters. The van der Waals surface area contributed by atoms with Gasteiger partial charge in [0, 0.05) is 44.6 Å². The highest BCUT2D eigenvalue weighted by molar-refractivity contribution is 5.95. The first-order chi connectivity index (χ1) is 15.5. The van der Waals surface area contributed by atoms with Crippen molar-refractivity contribution in [1.29, 1.82) is 0 Å². The maximum Gasteiger partial charge on any atom is 0.338 e. The number of pyridine rings is 1. The summed E-state index contributed by atoms with van der Waals surface area (Å²) >= 11 is 0. The Morgan fingerprint density at radius 1 is 1.12 bits per heavy atom. The Kier molecular flexibility index (Phi) is 6.70. The Morgan fingerprint density at radius 3 is 2.53 bits per heavy atom. The average molecular weight is 436 g/mol. The molecule has 0 spiro atoms. The van der Waals surface area contributed by atoms with Crippen molar-refractivity contribution in [2.24, 2.45) is 0 Å². The quantitative estimate of drug-likeness (QED) is 0.678. The van der Waals surface area contributed by atoms with Gasteiger partial charge >= 0.3 is 12.0 Å². The van der Waals surface area contributed by atoms with E-state index >= 15 is 0 Å². The van der Waals surface area contributed by atoms with E-state index in [4.69, 9.17) is 4.74 Å². The first-order valence-electron chi connectivity index (χ1n) is 11.0. The molecule has 0 saturated carbocycles. The van der Waals surface area contributed by atoms with Gasteiger partial charge in [-0.2, -0.15) is 0 Å². The third kappa shape index (κ3) is 4.91. The lowest BCUT2D eigenvalue weighted by molar-refractivity contribution is -0.139. The molecule has 2 aliphatic rings. The number of nitrogens with zero attached hydrogens (tertiary/aromatic N) is 3. The maximum absolute atomic E-state index is 12.9. The topological polar surface area (TPSA) is 86.8 Å². The number of benzene rings is 1. The van der Waals surface area contributed by atoms with Crippen molar-refractivity contribution in [3.8, 4) is 0 Å². The van der Waals surface area contributed by atoms with Crippen molar-refractivity contribution >= 4 is 17.8 Å². The highest BCUT2D eigenvalue weighted by Gasteiger charge is 2.34. The summed E-state index contributed by atoms with van der Waals surface area (Å²) in [6, 6.07) is 12.9. The van der Waals surface area contributed by atoms with Gasteiger partial charge in [-0.15, -0.1) is 0 Å². The van der Waals surface area contributed by atoms with Crippen LogP contribution in [0.25, 0.3) is 0 Å². The number of anilines is 1. The molecule has 32 heavy (non-hydrogen) atoms. The molecule has 0 radical (unpaired) electrons. The van der Waals surface area contributed by atoms with Gasteiger partial charge in [-0.25, -0.2) is 14.6 Å². The summed E-state index contributed by atoms with van der Waals surface area (Å²) in [5, 5.41) is 5.76. The zero-order valence-electron chi connectivity index (χ0n) is 18.5. The molecule has 1 aromatic heterocycles. The molecule has 2 N–H and O–H groups in total. The van der Waals surface area contributed by atoms with Crippen LogP contribution in [0.4, 0.5) is 10.6 Å². The van der Waals surface area contributed by atoms with E-state index in [0.29, 0.717) is 17.8 Å². The predicted molar refractivity (Wildman–Crippen MR) is 122 cm³/mol. The van der Waals surface area contributed by atoms with Crippen LogP contribution in [0.1, 0.15) is 24.1 Å². The standard InChI is InChI=1S/C24H29N5O3/c1-3-32-23(30)21-19(26-24(31)27-22(21)18-9-7-17(2)8-10-18)16-28-12-14-29(15-13-28)20-6-4-5-11-25-20/h4-11,22H,3,12-16H2,1-2H3,(H2,26,27,31)/t22-/m0/s1. The van der Waals surface area contributed by atoms with Crippen LogP contribution in [-0.4, -0.2) is 61.2 Å². The Labute approximate surface area is 188 Å². The van der Waals surface area contributed by atoms with Gasteiger partial charge in [0.05, 0.1) is 18.2 Å². The fourth-order valence-electron chi connectivity index (χ4n) is 4.10. The lowest BCUT2D eigenvalue weighted by atomic mass is 9.94. The van der Waals surface area contributed by atoms with Gasteiger partial charge < -0.3 is 20.3 Å². The van der Waals surface area contributed by atoms with Crippen molar-refractivity contribution in [3.63, 3.8) is 0 Å². The first kappa shape index (κ1) is 21.8. The summed E-state index contributed by atoms with van der Waals surface area (Å²) in [6.45, 7) is 7.78. The summed E-state index contributed by atoms with van der Waals surface area (Å²) in [7, 11) is 0. The smallest absolute Gasteiger partial charge is 0.338 e. The number of carbonyl (C=O) groups excluding carboxylic acids is 2. The van der Waals surface area contributed by atoms with Crippen LogP contribution in [0.5, 0.6) is 0 Å². The van der Waals surface area contributed by atoms with Gasteiger partial charge in [0.15, 0.2) is 0 Å². The van der Waals surface area contributed by atoms with Crippen LogP contribution in [-0.2, 0) is 9.53 Å². The minimum Gasteiger partial charge on any atom is -0.463 e. The summed E-state index contributed by atoms with van der Waals surface area (Å²) in [5.41, 5.74) is 3.03. The van der Waals surface area contributed by atoms with Crippen molar-refractivity contribution in [3.05, 3.63) is 71.1 Å². The van der Waals surface area contributed by atoms with Crippen molar-refractivity contribution in [1.82, 2.24) is 20.5 Å². The molecule has 1 aromatic carbocycles. The molecule has 3 heterocycles. The van der Waals surface area contributed by atoms with E-state index in [1.807, 2.05) is 49.4 Å². The molecule has 0 aliphatic carbocycles. The second kappa shape index (κ2) is 9.82. The van der Waals surface area contributed by atoms with Gasteiger partial charge in [0.2, 0.25) is 0 Å². The maximum atomic E-state index is 12.9. The molecule has 8 heteroatoms. The number of hydrogen-bond donors (Lipinski definition) is 2. The van der Waals surface area contributed by atoms with E-state index in [9.17, 15) is 9.59 Å². The van der Waals surface area contributed by atoms with Crippen LogP contribution < -0.4 is 15.5 Å². The van der Waals surface area contributed by atoms with Crippen molar-refractivity contribution < 1.29 is 14.3 Å². The van der Waals surface area contributed by atoms with Crippen molar-refractivity contribution in [2.45, 2.75) is 19.9 Å². The second-order valence-corrected chi connectivity index (χ2v) is 8.01. The number of nitrogens with one attached hydrogen (secondary N) is 2.